The smallest absolute Gasteiger partial charge is 0.234 e. The van der Waals surface area contributed by atoms with Crippen LogP contribution in [0.3, 0.4) is 0 Å². The van der Waals surface area contributed by atoms with E-state index < -0.39 is 17.5 Å². The van der Waals surface area contributed by atoms with Crippen LogP contribution in [-0.4, -0.2) is 16.6 Å². The van der Waals surface area contributed by atoms with Crippen molar-refractivity contribution in [2.75, 3.05) is 16.4 Å². The molecule has 0 aliphatic heterocycles. The Balaban J connectivity index is 1.48. The molecule has 27 heavy (non-hydrogen) atoms. The van der Waals surface area contributed by atoms with Gasteiger partial charge in [0.1, 0.15) is 11.6 Å². The van der Waals surface area contributed by atoms with Gasteiger partial charge in [-0.3, -0.25) is 4.79 Å². The molecular weight excluding hydrogens is 412 g/mol. The molecule has 0 aliphatic rings. The molecule has 140 valence electrons. The van der Waals surface area contributed by atoms with Crippen LogP contribution >= 0.6 is 34.7 Å². The first kappa shape index (κ1) is 19.6. The number of nitrogens with one attached hydrogen (secondary N) is 2. The molecule has 0 aliphatic carbocycles. The number of thioether (sulfide) groups is 1. The summed E-state index contributed by atoms with van der Waals surface area (Å²) in [6, 6.07) is 10.5. The number of aromatic nitrogens is 1. The van der Waals surface area contributed by atoms with Crippen LogP contribution in [0.4, 0.5) is 20.2 Å². The van der Waals surface area contributed by atoms with Crippen molar-refractivity contribution in [2.45, 2.75) is 11.4 Å². The quantitative estimate of drug-likeness (QED) is 0.496. The van der Waals surface area contributed by atoms with Gasteiger partial charge < -0.3 is 10.6 Å². The molecule has 0 bridgehead atoms. The second-order valence-electron chi connectivity index (χ2n) is 5.42. The lowest BCUT2D eigenvalue weighted by Crippen LogP contribution is -2.15. The average Bonchev–Trinajstić information content (AvgIpc) is 3.07. The number of carbonyl (C=O) groups is 1. The van der Waals surface area contributed by atoms with Gasteiger partial charge in [0.2, 0.25) is 5.91 Å². The molecule has 0 spiro atoms. The van der Waals surface area contributed by atoms with Crippen LogP contribution < -0.4 is 10.6 Å². The van der Waals surface area contributed by atoms with Crippen molar-refractivity contribution in [2.24, 2.45) is 0 Å². The molecule has 4 nitrogen and oxygen atoms in total. The summed E-state index contributed by atoms with van der Waals surface area (Å²) in [4.78, 5) is 17.8. The molecule has 3 rings (SSSR count). The Morgan fingerprint density at radius 1 is 1.19 bits per heavy atom. The van der Waals surface area contributed by atoms with E-state index in [0.717, 1.165) is 33.7 Å². The van der Waals surface area contributed by atoms with Gasteiger partial charge in [-0.25, -0.2) is 13.8 Å². The van der Waals surface area contributed by atoms with Gasteiger partial charge in [0.25, 0.3) is 0 Å². The van der Waals surface area contributed by atoms with E-state index in [1.165, 1.54) is 23.1 Å². The molecule has 0 fully saturated rings. The first-order valence-corrected chi connectivity index (χ1v) is 9.99. The minimum Gasteiger partial charge on any atom is -0.380 e. The zero-order valence-corrected chi connectivity index (χ0v) is 16.2. The van der Waals surface area contributed by atoms with Crippen LogP contribution in [0.5, 0.6) is 0 Å². The standard InChI is InChI=1S/C18H14ClF2N3OS2/c19-18-23-9-14(27-18)8-22-12-2-4-13(5-3-12)26-10-17(25)24-16-7-11(20)1-6-15(16)21/h1-7,9,22H,8,10H2,(H,24,25). The lowest BCUT2D eigenvalue weighted by Gasteiger charge is -2.08. The van der Waals surface area contributed by atoms with Crippen LogP contribution in [0.2, 0.25) is 4.47 Å². The number of hydrogen-bond acceptors (Lipinski definition) is 5. The molecule has 2 aromatic carbocycles. The molecule has 0 saturated carbocycles. The van der Waals surface area contributed by atoms with Crippen LogP contribution in [0.1, 0.15) is 4.88 Å². The highest BCUT2D eigenvalue weighted by molar-refractivity contribution is 8.00. The number of anilines is 2. The third-order valence-corrected chi connectivity index (χ3v) is 5.55. The van der Waals surface area contributed by atoms with Crippen molar-refractivity contribution >= 4 is 52.0 Å². The van der Waals surface area contributed by atoms with Gasteiger partial charge in [-0.05, 0) is 36.4 Å². The highest BCUT2D eigenvalue weighted by Gasteiger charge is 2.09. The third kappa shape index (κ3) is 5.92. The lowest BCUT2D eigenvalue weighted by atomic mass is 10.3. The molecule has 1 amide bonds. The van der Waals surface area contributed by atoms with Crippen molar-refractivity contribution in [3.8, 4) is 0 Å². The Morgan fingerprint density at radius 3 is 2.67 bits per heavy atom. The Labute approximate surface area is 168 Å². The average molecular weight is 426 g/mol. The largest absolute Gasteiger partial charge is 0.380 e. The number of rotatable bonds is 7. The van der Waals surface area contributed by atoms with Gasteiger partial charge in [0, 0.05) is 27.7 Å². The lowest BCUT2D eigenvalue weighted by molar-refractivity contribution is -0.113. The van der Waals surface area contributed by atoms with E-state index in [1.807, 2.05) is 24.3 Å². The van der Waals surface area contributed by atoms with Crippen molar-refractivity contribution in [3.05, 3.63) is 69.6 Å². The molecule has 0 radical (unpaired) electrons. The maximum absolute atomic E-state index is 13.5. The molecule has 0 atom stereocenters. The number of halogens is 3. The van der Waals surface area contributed by atoms with Crippen LogP contribution in [-0.2, 0) is 11.3 Å². The molecule has 1 heterocycles. The summed E-state index contributed by atoms with van der Waals surface area (Å²) < 4.78 is 27.2. The van der Waals surface area contributed by atoms with E-state index in [-0.39, 0.29) is 11.4 Å². The number of nitrogens with zero attached hydrogens (tertiary/aromatic N) is 1. The maximum Gasteiger partial charge on any atom is 0.234 e. The van der Waals surface area contributed by atoms with Gasteiger partial charge in [-0.15, -0.1) is 23.1 Å². The highest BCUT2D eigenvalue weighted by Crippen LogP contribution is 2.23. The SMILES string of the molecule is O=C(CSc1ccc(NCc2cnc(Cl)s2)cc1)Nc1cc(F)ccc1F. The number of benzene rings is 2. The minimum atomic E-state index is -0.674. The normalized spacial score (nSPS) is 10.6. The summed E-state index contributed by atoms with van der Waals surface area (Å²) in [5.74, 6) is -1.61. The molecule has 9 heteroatoms. The Morgan fingerprint density at radius 2 is 1.96 bits per heavy atom. The topological polar surface area (TPSA) is 54.0 Å². The Kier molecular flexibility index (Phi) is 6.65. The second-order valence-corrected chi connectivity index (χ2v) is 8.16. The second kappa shape index (κ2) is 9.16. The van der Waals surface area contributed by atoms with Crippen molar-refractivity contribution in [3.63, 3.8) is 0 Å². The third-order valence-electron chi connectivity index (χ3n) is 3.42. The summed E-state index contributed by atoms with van der Waals surface area (Å²) in [6.45, 7) is 0.623. The summed E-state index contributed by atoms with van der Waals surface area (Å²) >= 11 is 8.52. The Bertz CT molecular complexity index is 935. The van der Waals surface area contributed by atoms with Crippen molar-refractivity contribution in [1.82, 2.24) is 4.98 Å². The van der Waals surface area contributed by atoms with E-state index >= 15 is 0 Å². The minimum absolute atomic E-state index is 0.0854. The molecule has 3 aromatic rings. The van der Waals surface area contributed by atoms with E-state index in [2.05, 4.69) is 15.6 Å². The molecule has 0 saturated heterocycles. The number of thiazole rings is 1. The fraction of sp³-hybridized carbons (Fsp3) is 0.111. The van der Waals surface area contributed by atoms with Crippen molar-refractivity contribution in [1.29, 1.82) is 0 Å². The summed E-state index contributed by atoms with van der Waals surface area (Å²) in [7, 11) is 0. The van der Waals surface area contributed by atoms with Crippen LogP contribution in [0, 0.1) is 11.6 Å². The van der Waals surface area contributed by atoms with Gasteiger partial charge in [-0.1, -0.05) is 11.6 Å². The van der Waals surface area contributed by atoms with E-state index in [0.29, 0.717) is 11.0 Å². The van der Waals surface area contributed by atoms with Gasteiger partial charge >= 0.3 is 0 Å². The first-order chi connectivity index (χ1) is 13.0. The monoisotopic (exact) mass is 425 g/mol. The number of carbonyl (C=O) groups excluding carboxylic acids is 1. The highest BCUT2D eigenvalue weighted by atomic mass is 35.5. The van der Waals surface area contributed by atoms with Crippen LogP contribution in [0.15, 0.2) is 53.6 Å². The number of hydrogen-bond donors (Lipinski definition) is 2. The first-order valence-electron chi connectivity index (χ1n) is 7.81. The van der Waals surface area contributed by atoms with Crippen molar-refractivity contribution < 1.29 is 13.6 Å². The zero-order chi connectivity index (χ0) is 19.2. The number of amides is 1. The fourth-order valence-electron chi connectivity index (χ4n) is 2.15. The Hall–Kier alpha value is -2.16. The molecule has 2 N–H and O–H groups in total. The van der Waals surface area contributed by atoms with E-state index in [1.54, 1.807) is 6.20 Å². The molecule has 1 aromatic heterocycles. The van der Waals surface area contributed by atoms with Gasteiger partial charge in [0.15, 0.2) is 4.47 Å². The zero-order valence-electron chi connectivity index (χ0n) is 13.8. The van der Waals surface area contributed by atoms with Gasteiger partial charge in [-0.2, -0.15) is 0 Å². The van der Waals surface area contributed by atoms with E-state index in [9.17, 15) is 13.6 Å². The van der Waals surface area contributed by atoms with E-state index in [4.69, 9.17) is 11.6 Å². The molecule has 0 unspecified atom stereocenters. The fourth-order valence-corrected chi connectivity index (χ4v) is 3.77. The predicted molar refractivity (Wildman–Crippen MR) is 107 cm³/mol. The summed E-state index contributed by atoms with van der Waals surface area (Å²) in [5, 5.41) is 5.63. The van der Waals surface area contributed by atoms with Gasteiger partial charge in [0.05, 0.1) is 18.0 Å². The predicted octanol–water partition coefficient (Wildman–Crippen LogP) is 5.42. The van der Waals surface area contributed by atoms with Crippen LogP contribution in [0.25, 0.3) is 0 Å². The molecular formula is C18H14ClF2N3OS2. The maximum atomic E-state index is 13.5. The summed E-state index contributed by atoms with van der Waals surface area (Å²) in [6.07, 6.45) is 1.73. The summed E-state index contributed by atoms with van der Waals surface area (Å²) in [5.41, 5.74) is 0.762.